The Hall–Kier alpha value is -0.332. The van der Waals surface area contributed by atoms with Crippen molar-refractivity contribution < 1.29 is 21.1 Å². The van der Waals surface area contributed by atoms with Crippen LogP contribution in [0.3, 0.4) is 0 Å². The number of likely N-dealkylation sites (N-methyl/N-ethyl adjacent to an activating group) is 1. The molecule has 106 valence electrons. The zero-order valence-electron chi connectivity index (χ0n) is 12.4. The summed E-state index contributed by atoms with van der Waals surface area (Å²) < 4.78 is 0. The molecule has 0 radical (unpaired) electrons. The Morgan fingerprint density at radius 3 is 2.89 bits per heavy atom. The van der Waals surface area contributed by atoms with Crippen LogP contribution in [-0.4, -0.2) is 19.6 Å². The van der Waals surface area contributed by atoms with E-state index in [1.165, 1.54) is 5.57 Å². The van der Waals surface area contributed by atoms with Gasteiger partial charge in [0.05, 0.1) is 0 Å². The summed E-state index contributed by atoms with van der Waals surface area (Å²) >= 11 is 0. The Bertz CT molecular complexity index is 319. The normalized spacial score (nSPS) is 18.5. The average Bonchev–Trinajstić information content (AvgIpc) is 2.79. The van der Waals surface area contributed by atoms with Crippen molar-refractivity contribution in [3.05, 3.63) is 46.7 Å². The quantitative estimate of drug-likeness (QED) is 0.488. The Morgan fingerprint density at radius 2 is 2.26 bits per heavy atom. The van der Waals surface area contributed by atoms with Crippen LogP contribution < -0.4 is 0 Å². The first-order valence-electron chi connectivity index (χ1n) is 6.89. The Kier molecular flexibility index (Phi) is 10.3. The summed E-state index contributed by atoms with van der Waals surface area (Å²) in [4.78, 5) is 0. The summed E-state index contributed by atoms with van der Waals surface area (Å²) in [5.74, 6) is 0.605. The largest absolute Gasteiger partial charge is 2.00 e. The molecular formula is C16H26N2W. The standard InChI is InChI=1S/C16H26N2.W/c1-13(2)14(3)6-7-15-8-9-16(12-15)18-11-5-10-17-4;/h5,8,11,13,16H,3,6-7,9-10,12H2,1-2,4H3;/q-2;+2/b11-5-;. The van der Waals surface area contributed by atoms with Gasteiger partial charge in [-0.3, -0.25) is 0 Å². The van der Waals surface area contributed by atoms with Gasteiger partial charge >= 0.3 is 21.1 Å². The number of nitrogens with zero attached hydrogens (tertiary/aromatic N) is 2. The molecule has 0 aromatic heterocycles. The second kappa shape index (κ2) is 10.5. The van der Waals surface area contributed by atoms with Crippen molar-refractivity contribution in [2.45, 2.75) is 45.6 Å². The van der Waals surface area contributed by atoms with Crippen molar-refractivity contribution in [3.8, 4) is 0 Å². The van der Waals surface area contributed by atoms with Crippen LogP contribution in [-0.2, 0) is 21.1 Å². The molecule has 0 saturated heterocycles. The molecule has 2 nitrogen and oxygen atoms in total. The predicted molar refractivity (Wildman–Crippen MR) is 81.0 cm³/mol. The maximum Gasteiger partial charge on any atom is 2.00 e. The molecule has 1 aliphatic rings. The molecule has 0 N–H and O–H groups in total. The van der Waals surface area contributed by atoms with Crippen LogP contribution >= 0.6 is 0 Å². The van der Waals surface area contributed by atoms with Crippen molar-refractivity contribution in [3.63, 3.8) is 0 Å². The predicted octanol–water partition coefficient (Wildman–Crippen LogP) is 4.96. The van der Waals surface area contributed by atoms with Crippen LogP contribution in [0.25, 0.3) is 10.6 Å². The first-order chi connectivity index (χ1) is 8.63. The molecule has 0 aromatic carbocycles. The molecule has 0 aromatic rings. The minimum Gasteiger partial charge on any atom is -0.688 e. The second-order valence-corrected chi connectivity index (χ2v) is 5.30. The van der Waals surface area contributed by atoms with Crippen molar-refractivity contribution in [1.29, 1.82) is 0 Å². The molecule has 0 fully saturated rings. The van der Waals surface area contributed by atoms with Gasteiger partial charge in [0.25, 0.3) is 0 Å². The van der Waals surface area contributed by atoms with Crippen molar-refractivity contribution in [1.82, 2.24) is 0 Å². The second-order valence-electron chi connectivity index (χ2n) is 5.30. The van der Waals surface area contributed by atoms with Crippen LogP contribution in [0.2, 0.25) is 0 Å². The zero-order valence-corrected chi connectivity index (χ0v) is 15.4. The molecule has 1 atom stereocenters. The minimum atomic E-state index is 0. The van der Waals surface area contributed by atoms with Crippen LogP contribution in [0, 0.1) is 5.92 Å². The van der Waals surface area contributed by atoms with E-state index < -0.39 is 0 Å². The smallest absolute Gasteiger partial charge is 0.688 e. The SMILES string of the molecule is C=C(CCC1=CCC([N-]/C=C\C[N-]C)C1)C(C)C.[W+2]. The molecule has 0 amide bonds. The molecule has 1 unspecified atom stereocenters. The molecule has 0 heterocycles. The number of allylic oxidation sites excluding steroid dienone is 1. The van der Waals surface area contributed by atoms with Crippen molar-refractivity contribution in [2.24, 2.45) is 5.92 Å². The van der Waals surface area contributed by atoms with Gasteiger partial charge < -0.3 is 10.6 Å². The third-order valence-corrected chi connectivity index (χ3v) is 3.45. The van der Waals surface area contributed by atoms with E-state index in [-0.39, 0.29) is 21.1 Å². The van der Waals surface area contributed by atoms with Gasteiger partial charge in [0.1, 0.15) is 0 Å². The summed E-state index contributed by atoms with van der Waals surface area (Å²) in [7, 11) is 1.82. The first kappa shape index (κ1) is 18.7. The molecule has 0 aliphatic heterocycles. The fourth-order valence-electron chi connectivity index (χ4n) is 2.03. The molecule has 0 bridgehead atoms. The fraction of sp³-hybridized carbons (Fsp3) is 0.625. The van der Waals surface area contributed by atoms with Gasteiger partial charge in [-0.05, 0) is 31.6 Å². The van der Waals surface area contributed by atoms with E-state index in [9.17, 15) is 0 Å². The van der Waals surface area contributed by atoms with Gasteiger partial charge in [-0.25, -0.2) is 0 Å². The molecule has 1 rings (SSSR count). The Morgan fingerprint density at radius 1 is 1.53 bits per heavy atom. The van der Waals surface area contributed by atoms with E-state index in [2.05, 4.69) is 37.1 Å². The molecule has 0 saturated carbocycles. The van der Waals surface area contributed by atoms with Crippen molar-refractivity contribution in [2.75, 3.05) is 13.6 Å². The summed E-state index contributed by atoms with van der Waals surface area (Å²) in [6.07, 6.45) is 10.8. The molecule has 19 heavy (non-hydrogen) atoms. The van der Waals surface area contributed by atoms with Crippen molar-refractivity contribution >= 4 is 0 Å². The third kappa shape index (κ3) is 7.74. The van der Waals surface area contributed by atoms with Gasteiger partial charge in [-0.2, -0.15) is 13.2 Å². The molecule has 1 aliphatic carbocycles. The van der Waals surface area contributed by atoms with Crippen LogP contribution in [0.5, 0.6) is 0 Å². The number of rotatable bonds is 8. The van der Waals surface area contributed by atoms with Gasteiger partial charge in [-0.1, -0.05) is 37.6 Å². The zero-order chi connectivity index (χ0) is 13.4. The van der Waals surface area contributed by atoms with E-state index >= 15 is 0 Å². The minimum absolute atomic E-state index is 0. The molecule has 3 heteroatoms. The van der Waals surface area contributed by atoms with Gasteiger partial charge in [0.2, 0.25) is 0 Å². The summed E-state index contributed by atoms with van der Waals surface area (Å²) in [6.45, 7) is 9.33. The first-order valence-corrected chi connectivity index (χ1v) is 6.89. The Labute approximate surface area is 133 Å². The van der Waals surface area contributed by atoms with E-state index in [1.807, 2.05) is 19.3 Å². The maximum absolute atomic E-state index is 4.56. The monoisotopic (exact) mass is 430 g/mol. The van der Waals surface area contributed by atoms with E-state index in [1.54, 1.807) is 5.57 Å². The van der Waals surface area contributed by atoms with Crippen LogP contribution in [0.1, 0.15) is 39.5 Å². The number of hydrogen-bond acceptors (Lipinski definition) is 0. The van der Waals surface area contributed by atoms with Gasteiger partial charge in [-0.15, -0.1) is 18.7 Å². The van der Waals surface area contributed by atoms with E-state index in [4.69, 9.17) is 0 Å². The maximum atomic E-state index is 4.56. The molecular weight excluding hydrogens is 404 g/mol. The fourth-order valence-corrected chi connectivity index (χ4v) is 2.03. The third-order valence-electron chi connectivity index (χ3n) is 3.45. The topological polar surface area (TPSA) is 28.2 Å². The average molecular weight is 430 g/mol. The van der Waals surface area contributed by atoms with E-state index in [0.717, 1.165) is 32.2 Å². The molecule has 0 spiro atoms. The van der Waals surface area contributed by atoms with Gasteiger partial charge in [0.15, 0.2) is 0 Å². The number of hydrogen-bond donors (Lipinski definition) is 0. The summed E-state index contributed by atoms with van der Waals surface area (Å²) in [5, 5.41) is 8.57. The summed E-state index contributed by atoms with van der Waals surface area (Å²) in [5.41, 5.74) is 2.92. The van der Waals surface area contributed by atoms with Gasteiger partial charge in [0, 0.05) is 0 Å². The van der Waals surface area contributed by atoms with Crippen LogP contribution in [0.15, 0.2) is 36.1 Å². The summed E-state index contributed by atoms with van der Waals surface area (Å²) in [6, 6.07) is 0.459. The van der Waals surface area contributed by atoms with Crippen LogP contribution in [0.4, 0.5) is 0 Å². The Balaban J connectivity index is 0.00000324. The van der Waals surface area contributed by atoms with E-state index in [0.29, 0.717) is 12.0 Å².